The molecule has 0 saturated carbocycles. The molecule has 4 aromatic rings. The molecule has 182 valence electrons. The molecule has 2 aromatic carbocycles. The van der Waals surface area contributed by atoms with Crippen molar-refractivity contribution in [1.29, 1.82) is 0 Å². The Bertz CT molecular complexity index is 1390. The predicted molar refractivity (Wildman–Crippen MR) is 129 cm³/mol. The lowest BCUT2D eigenvalue weighted by molar-refractivity contribution is 0.0696. The number of ether oxygens (including phenoxy) is 4. The van der Waals surface area contributed by atoms with Crippen LogP contribution in [-0.2, 0) is 13.0 Å². The number of nitrogens with zero attached hydrogens (tertiary/aromatic N) is 4. The van der Waals surface area contributed by atoms with Crippen molar-refractivity contribution in [1.82, 2.24) is 19.7 Å². The van der Waals surface area contributed by atoms with E-state index in [1.807, 2.05) is 6.92 Å². The number of carboxylic acids is 1. The highest BCUT2D eigenvalue weighted by atomic mass is 16.5. The van der Waals surface area contributed by atoms with Gasteiger partial charge in [-0.25, -0.2) is 19.4 Å². The topological polar surface area (TPSA) is 118 Å². The van der Waals surface area contributed by atoms with E-state index in [-0.39, 0.29) is 12.1 Å². The van der Waals surface area contributed by atoms with Gasteiger partial charge in [-0.05, 0) is 24.1 Å². The SMILES string of the molecule is CCc1c(OC)c(OC)cc2nc(Cn3cncn3)c(C(=O)O)c(-c3ccc(OC)c(OC)c3)c12. The van der Waals surface area contributed by atoms with E-state index in [4.69, 9.17) is 23.9 Å². The third-order valence-corrected chi connectivity index (χ3v) is 5.81. The number of fused-ring (bicyclic) bond motifs is 1. The third-order valence-electron chi connectivity index (χ3n) is 5.81. The summed E-state index contributed by atoms with van der Waals surface area (Å²) in [7, 11) is 6.19. The predicted octanol–water partition coefficient (Wildman–Crippen LogP) is 3.84. The van der Waals surface area contributed by atoms with Crippen molar-refractivity contribution in [3.8, 4) is 34.1 Å². The molecule has 0 fully saturated rings. The fourth-order valence-electron chi connectivity index (χ4n) is 4.32. The number of pyridine rings is 1. The molecular weight excluding hydrogens is 452 g/mol. The number of hydrogen-bond donors (Lipinski definition) is 1. The molecule has 10 heteroatoms. The monoisotopic (exact) mass is 478 g/mol. The van der Waals surface area contributed by atoms with E-state index in [0.717, 1.165) is 5.56 Å². The fourth-order valence-corrected chi connectivity index (χ4v) is 4.32. The Balaban J connectivity index is 2.18. The van der Waals surface area contributed by atoms with Crippen LogP contribution in [0.3, 0.4) is 0 Å². The van der Waals surface area contributed by atoms with Gasteiger partial charge >= 0.3 is 5.97 Å². The highest BCUT2D eigenvalue weighted by Crippen LogP contribution is 2.44. The van der Waals surface area contributed by atoms with Crippen LogP contribution < -0.4 is 18.9 Å². The number of carboxylic acid groups (broad SMARTS) is 1. The number of aromatic nitrogens is 4. The molecule has 2 aromatic heterocycles. The van der Waals surface area contributed by atoms with Gasteiger partial charge in [0, 0.05) is 22.6 Å². The van der Waals surface area contributed by atoms with Crippen LogP contribution in [0.5, 0.6) is 23.0 Å². The number of methoxy groups -OCH3 is 4. The minimum atomic E-state index is -1.11. The van der Waals surface area contributed by atoms with Crippen molar-refractivity contribution >= 4 is 16.9 Å². The van der Waals surface area contributed by atoms with Crippen LogP contribution in [0, 0.1) is 0 Å². The molecule has 0 aliphatic heterocycles. The molecule has 35 heavy (non-hydrogen) atoms. The first-order valence-electron chi connectivity index (χ1n) is 10.9. The van der Waals surface area contributed by atoms with E-state index in [0.29, 0.717) is 57.1 Å². The molecule has 0 radical (unpaired) electrons. The number of aromatic carboxylic acids is 1. The van der Waals surface area contributed by atoms with Crippen molar-refractivity contribution < 1.29 is 28.8 Å². The molecule has 0 aliphatic rings. The lowest BCUT2D eigenvalue weighted by Crippen LogP contribution is -2.13. The first kappa shape index (κ1) is 23.8. The molecule has 10 nitrogen and oxygen atoms in total. The molecule has 0 amide bonds. The van der Waals surface area contributed by atoms with Crippen LogP contribution in [0.2, 0.25) is 0 Å². The first-order valence-corrected chi connectivity index (χ1v) is 10.9. The van der Waals surface area contributed by atoms with Gasteiger partial charge in [-0.2, -0.15) is 5.10 Å². The van der Waals surface area contributed by atoms with Gasteiger partial charge in [0.1, 0.15) is 12.7 Å². The summed E-state index contributed by atoms with van der Waals surface area (Å²) < 4.78 is 23.7. The Hall–Kier alpha value is -4.34. The van der Waals surface area contributed by atoms with E-state index in [2.05, 4.69) is 10.1 Å². The Labute approximate surface area is 202 Å². The molecule has 0 bridgehead atoms. The largest absolute Gasteiger partial charge is 0.493 e. The minimum absolute atomic E-state index is 0.0575. The molecule has 0 atom stereocenters. The van der Waals surface area contributed by atoms with Gasteiger partial charge in [-0.15, -0.1) is 0 Å². The molecule has 4 rings (SSSR count). The summed E-state index contributed by atoms with van der Waals surface area (Å²) >= 11 is 0. The number of hydrogen-bond acceptors (Lipinski definition) is 8. The standard InChI is InChI=1S/C25H26N4O6/c1-6-15-22-16(10-20(34-4)24(15)35-5)28-17(11-29-13-26-12-27-29)23(25(30)31)21(22)14-7-8-18(32-2)19(9-14)33-3/h7-10,12-13H,6,11H2,1-5H3,(H,30,31). The smallest absolute Gasteiger partial charge is 0.338 e. The quantitative estimate of drug-likeness (QED) is 0.383. The van der Waals surface area contributed by atoms with Crippen molar-refractivity contribution in [2.45, 2.75) is 19.9 Å². The summed E-state index contributed by atoms with van der Waals surface area (Å²) in [5.74, 6) is 0.937. The molecule has 2 heterocycles. The summed E-state index contributed by atoms with van der Waals surface area (Å²) in [5.41, 5.74) is 2.88. The second-order valence-corrected chi connectivity index (χ2v) is 7.61. The van der Waals surface area contributed by atoms with Crippen LogP contribution >= 0.6 is 0 Å². The summed E-state index contributed by atoms with van der Waals surface area (Å²) in [6.07, 6.45) is 3.46. The van der Waals surface area contributed by atoms with Gasteiger partial charge in [-0.1, -0.05) is 13.0 Å². The molecular formula is C25H26N4O6. The summed E-state index contributed by atoms with van der Waals surface area (Å²) in [6.45, 7) is 2.09. The van der Waals surface area contributed by atoms with Gasteiger partial charge in [0.2, 0.25) is 0 Å². The highest BCUT2D eigenvalue weighted by Gasteiger charge is 2.27. The van der Waals surface area contributed by atoms with Gasteiger partial charge in [0.15, 0.2) is 23.0 Å². The Morgan fingerprint density at radius 1 is 1.00 bits per heavy atom. The average Bonchev–Trinajstić information content (AvgIpc) is 3.38. The van der Waals surface area contributed by atoms with Crippen LogP contribution in [0.25, 0.3) is 22.0 Å². The minimum Gasteiger partial charge on any atom is -0.493 e. The number of carbonyl (C=O) groups is 1. The van der Waals surface area contributed by atoms with Crippen molar-refractivity contribution in [3.05, 3.63) is 53.7 Å². The normalized spacial score (nSPS) is 10.9. The summed E-state index contributed by atoms with van der Waals surface area (Å²) in [5, 5.41) is 15.2. The summed E-state index contributed by atoms with van der Waals surface area (Å²) in [6, 6.07) is 7.07. The Morgan fingerprint density at radius 3 is 2.31 bits per heavy atom. The van der Waals surface area contributed by atoms with Gasteiger partial charge in [-0.3, -0.25) is 0 Å². The lowest BCUT2D eigenvalue weighted by Gasteiger charge is -2.21. The number of benzene rings is 2. The zero-order chi connectivity index (χ0) is 25.1. The van der Waals surface area contributed by atoms with Crippen molar-refractivity contribution in [3.63, 3.8) is 0 Å². The highest BCUT2D eigenvalue weighted by molar-refractivity contribution is 6.09. The molecule has 0 spiro atoms. The van der Waals surface area contributed by atoms with E-state index < -0.39 is 5.97 Å². The van der Waals surface area contributed by atoms with E-state index in [1.54, 1.807) is 45.6 Å². The summed E-state index contributed by atoms with van der Waals surface area (Å²) in [4.78, 5) is 21.5. The lowest BCUT2D eigenvalue weighted by atomic mass is 9.90. The second-order valence-electron chi connectivity index (χ2n) is 7.61. The van der Waals surface area contributed by atoms with Gasteiger partial charge in [0.05, 0.1) is 51.8 Å². The maximum atomic E-state index is 12.7. The van der Waals surface area contributed by atoms with Crippen LogP contribution in [0.15, 0.2) is 36.9 Å². The second kappa shape index (κ2) is 9.88. The van der Waals surface area contributed by atoms with Crippen LogP contribution in [0.1, 0.15) is 28.5 Å². The molecule has 0 unspecified atom stereocenters. The fraction of sp³-hybridized carbons (Fsp3) is 0.280. The van der Waals surface area contributed by atoms with E-state index in [9.17, 15) is 9.90 Å². The maximum absolute atomic E-state index is 12.7. The van der Waals surface area contributed by atoms with E-state index >= 15 is 0 Å². The van der Waals surface area contributed by atoms with E-state index in [1.165, 1.54) is 24.4 Å². The van der Waals surface area contributed by atoms with Gasteiger partial charge < -0.3 is 24.1 Å². The zero-order valence-electron chi connectivity index (χ0n) is 20.2. The average molecular weight is 479 g/mol. The first-order chi connectivity index (χ1) is 17.0. The molecule has 0 aliphatic carbocycles. The third kappa shape index (κ3) is 4.18. The zero-order valence-corrected chi connectivity index (χ0v) is 20.2. The number of aryl methyl sites for hydroxylation is 1. The molecule has 1 N–H and O–H groups in total. The molecule has 0 saturated heterocycles. The van der Waals surface area contributed by atoms with Crippen molar-refractivity contribution in [2.24, 2.45) is 0 Å². The number of rotatable bonds is 9. The maximum Gasteiger partial charge on any atom is 0.338 e. The van der Waals surface area contributed by atoms with Crippen molar-refractivity contribution in [2.75, 3.05) is 28.4 Å². The Kier molecular flexibility index (Phi) is 6.72. The van der Waals surface area contributed by atoms with Crippen LogP contribution in [-0.4, -0.2) is 59.3 Å². The van der Waals surface area contributed by atoms with Gasteiger partial charge in [0.25, 0.3) is 0 Å². The Morgan fingerprint density at radius 2 is 1.74 bits per heavy atom. The van der Waals surface area contributed by atoms with Crippen LogP contribution in [0.4, 0.5) is 0 Å².